The van der Waals surface area contributed by atoms with E-state index in [9.17, 15) is 4.79 Å². The van der Waals surface area contributed by atoms with Crippen LogP contribution >= 0.6 is 49.9 Å². The molecule has 0 aliphatic rings. The van der Waals surface area contributed by atoms with Gasteiger partial charge in [0.25, 0.3) is 0 Å². The highest BCUT2D eigenvalue weighted by molar-refractivity contribution is 14.1. The fraction of sp³-hybridized carbons (Fsp3) is 0.0909. The van der Waals surface area contributed by atoms with Crippen molar-refractivity contribution in [3.63, 3.8) is 0 Å². The molecule has 0 atom stereocenters. The number of hydrogen-bond donors (Lipinski definition) is 1. The van der Waals surface area contributed by atoms with Gasteiger partial charge in [0.05, 0.1) is 5.69 Å². The molecule has 0 radical (unpaired) electrons. The molecular formula is C11H7BrINO2S. The third-order valence-electron chi connectivity index (χ3n) is 2.18. The van der Waals surface area contributed by atoms with Crippen molar-refractivity contribution >= 4 is 55.8 Å². The number of benzene rings is 1. The number of rotatable bonds is 2. The lowest BCUT2D eigenvalue weighted by molar-refractivity contribution is 0.0702. The van der Waals surface area contributed by atoms with Crippen LogP contribution in [-0.4, -0.2) is 16.1 Å². The van der Waals surface area contributed by atoms with Crippen molar-refractivity contribution in [2.45, 2.75) is 6.92 Å². The van der Waals surface area contributed by atoms with E-state index in [0.29, 0.717) is 9.61 Å². The summed E-state index contributed by atoms with van der Waals surface area (Å²) in [5.74, 6) is -0.945. The fourth-order valence-electron chi connectivity index (χ4n) is 1.43. The Bertz CT molecular complexity index is 597. The van der Waals surface area contributed by atoms with Gasteiger partial charge in [0.15, 0.2) is 3.92 Å². The first kappa shape index (κ1) is 13.0. The van der Waals surface area contributed by atoms with Crippen LogP contribution < -0.4 is 0 Å². The van der Waals surface area contributed by atoms with Gasteiger partial charge in [-0.05, 0) is 51.5 Å². The molecule has 0 aliphatic carbocycles. The number of aryl methyl sites for hydroxylation is 1. The SMILES string of the molecule is Cc1ccc(-c2nc(Br)sc2C(=O)O)c(I)c1. The predicted molar refractivity (Wildman–Crippen MR) is 79.7 cm³/mol. The second kappa shape index (κ2) is 5.03. The zero-order chi connectivity index (χ0) is 12.6. The third-order valence-corrected chi connectivity index (χ3v) is 4.56. The normalized spacial score (nSPS) is 10.5. The van der Waals surface area contributed by atoms with Crippen LogP contribution in [0.4, 0.5) is 0 Å². The molecule has 0 amide bonds. The molecule has 0 spiro atoms. The highest BCUT2D eigenvalue weighted by Gasteiger charge is 2.19. The lowest BCUT2D eigenvalue weighted by Crippen LogP contribution is -1.96. The van der Waals surface area contributed by atoms with Gasteiger partial charge in [-0.25, -0.2) is 9.78 Å². The quantitative estimate of drug-likeness (QED) is 0.737. The smallest absolute Gasteiger partial charge is 0.348 e. The Morgan fingerprint density at radius 3 is 2.82 bits per heavy atom. The van der Waals surface area contributed by atoms with E-state index in [1.54, 1.807) is 0 Å². The van der Waals surface area contributed by atoms with Gasteiger partial charge in [-0.3, -0.25) is 0 Å². The second-order valence-electron chi connectivity index (χ2n) is 3.43. The van der Waals surface area contributed by atoms with Crippen molar-refractivity contribution in [3.8, 4) is 11.3 Å². The average Bonchev–Trinajstić information content (AvgIpc) is 2.60. The number of halogens is 2. The van der Waals surface area contributed by atoms with Crippen molar-refractivity contribution in [1.82, 2.24) is 4.98 Å². The lowest BCUT2D eigenvalue weighted by atomic mass is 10.1. The van der Waals surface area contributed by atoms with Crippen LogP contribution in [0.5, 0.6) is 0 Å². The van der Waals surface area contributed by atoms with Crippen LogP contribution in [0.1, 0.15) is 15.2 Å². The molecule has 1 aromatic heterocycles. The Morgan fingerprint density at radius 1 is 1.53 bits per heavy atom. The molecule has 6 heteroatoms. The summed E-state index contributed by atoms with van der Waals surface area (Å²) in [4.78, 5) is 15.6. The zero-order valence-electron chi connectivity index (χ0n) is 8.70. The van der Waals surface area contributed by atoms with Gasteiger partial charge in [0.1, 0.15) is 4.88 Å². The summed E-state index contributed by atoms with van der Waals surface area (Å²) in [6.07, 6.45) is 0. The van der Waals surface area contributed by atoms with Crippen molar-refractivity contribution in [2.75, 3.05) is 0 Å². The number of aromatic nitrogens is 1. The van der Waals surface area contributed by atoms with Gasteiger partial charge in [-0.15, -0.1) is 0 Å². The minimum absolute atomic E-state index is 0.263. The number of hydrogen-bond acceptors (Lipinski definition) is 3. The Balaban J connectivity index is 2.63. The summed E-state index contributed by atoms with van der Waals surface area (Å²) < 4.78 is 1.59. The monoisotopic (exact) mass is 423 g/mol. The molecule has 0 bridgehead atoms. The summed E-state index contributed by atoms with van der Waals surface area (Å²) in [6, 6.07) is 5.87. The van der Waals surface area contributed by atoms with Crippen molar-refractivity contribution in [1.29, 1.82) is 0 Å². The molecule has 2 aromatic rings. The number of nitrogens with zero attached hydrogens (tertiary/aromatic N) is 1. The minimum atomic E-state index is -0.945. The van der Waals surface area contributed by atoms with Crippen LogP contribution in [-0.2, 0) is 0 Å². The molecule has 0 saturated heterocycles. The molecule has 0 aliphatic heterocycles. The van der Waals surface area contributed by atoms with Crippen molar-refractivity contribution < 1.29 is 9.90 Å². The predicted octanol–water partition coefficient (Wildman–Crippen LogP) is 4.18. The summed E-state index contributed by atoms with van der Waals surface area (Å²) in [5, 5.41) is 9.13. The minimum Gasteiger partial charge on any atom is -0.477 e. The highest BCUT2D eigenvalue weighted by Crippen LogP contribution is 2.33. The van der Waals surface area contributed by atoms with Crippen molar-refractivity contribution in [2.24, 2.45) is 0 Å². The molecule has 1 heterocycles. The molecule has 17 heavy (non-hydrogen) atoms. The molecule has 0 unspecified atom stereocenters. The Hall–Kier alpha value is -0.470. The highest BCUT2D eigenvalue weighted by atomic mass is 127. The summed E-state index contributed by atoms with van der Waals surface area (Å²) in [7, 11) is 0. The lowest BCUT2D eigenvalue weighted by Gasteiger charge is -2.03. The second-order valence-corrected chi connectivity index (χ2v) is 6.87. The zero-order valence-corrected chi connectivity index (χ0v) is 13.3. The van der Waals surface area contributed by atoms with E-state index in [-0.39, 0.29) is 4.88 Å². The summed E-state index contributed by atoms with van der Waals surface area (Å²) >= 11 is 6.56. The topological polar surface area (TPSA) is 50.2 Å². The van der Waals surface area contributed by atoms with Gasteiger partial charge in [0, 0.05) is 9.13 Å². The first-order valence-electron chi connectivity index (χ1n) is 4.65. The maximum atomic E-state index is 11.1. The van der Waals surface area contributed by atoms with Crippen LogP contribution in [0.3, 0.4) is 0 Å². The Morgan fingerprint density at radius 2 is 2.24 bits per heavy atom. The van der Waals surface area contributed by atoms with Crippen LogP contribution in [0, 0.1) is 10.5 Å². The average molecular weight is 424 g/mol. The number of carbonyl (C=O) groups is 1. The van der Waals surface area contributed by atoms with Gasteiger partial charge in [-0.2, -0.15) is 0 Å². The number of aromatic carboxylic acids is 1. The van der Waals surface area contributed by atoms with Gasteiger partial charge < -0.3 is 5.11 Å². The third kappa shape index (κ3) is 2.69. The van der Waals surface area contributed by atoms with Gasteiger partial charge in [-0.1, -0.05) is 29.0 Å². The first-order chi connectivity index (χ1) is 7.99. The number of carboxylic acids is 1. The molecule has 3 nitrogen and oxygen atoms in total. The summed E-state index contributed by atoms with van der Waals surface area (Å²) in [6.45, 7) is 2.00. The van der Waals surface area contributed by atoms with E-state index >= 15 is 0 Å². The van der Waals surface area contributed by atoms with E-state index < -0.39 is 5.97 Å². The maximum absolute atomic E-state index is 11.1. The molecular weight excluding hydrogens is 417 g/mol. The first-order valence-corrected chi connectivity index (χ1v) is 7.34. The van der Waals surface area contributed by atoms with E-state index in [2.05, 4.69) is 43.5 Å². The maximum Gasteiger partial charge on any atom is 0.348 e. The van der Waals surface area contributed by atoms with Crippen LogP contribution in [0.25, 0.3) is 11.3 Å². The van der Waals surface area contributed by atoms with Crippen LogP contribution in [0.15, 0.2) is 22.1 Å². The van der Waals surface area contributed by atoms with E-state index in [1.165, 1.54) is 0 Å². The number of thiazole rings is 1. The van der Waals surface area contributed by atoms with E-state index in [1.807, 2.05) is 25.1 Å². The van der Waals surface area contributed by atoms with Gasteiger partial charge in [0.2, 0.25) is 0 Å². The Labute approximate surface area is 124 Å². The molecule has 0 fully saturated rings. The molecule has 0 saturated carbocycles. The largest absolute Gasteiger partial charge is 0.477 e. The molecule has 1 aromatic carbocycles. The van der Waals surface area contributed by atoms with E-state index in [0.717, 1.165) is 26.0 Å². The molecule has 88 valence electrons. The number of carboxylic acid groups (broad SMARTS) is 1. The van der Waals surface area contributed by atoms with Gasteiger partial charge >= 0.3 is 5.97 Å². The summed E-state index contributed by atoms with van der Waals surface area (Å²) in [5.41, 5.74) is 2.53. The standard InChI is InChI=1S/C11H7BrINO2S/c1-5-2-3-6(7(13)4-5)8-9(10(15)16)17-11(12)14-8/h2-4H,1H3,(H,15,16). The fourth-order valence-corrected chi connectivity index (χ4v) is 3.67. The van der Waals surface area contributed by atoms with Crippen molar-refractivity contribution in [3.05, 3.63) is 36.1 Å². The molecule has 1 N–H and O–H groups in total. The van der Waals surface area contributed by atoms with E-state index in [4.69, 9.17) is 5.11 Å². The van der Waals surface area contributed by atoms with Crippen LogP contribution in [0.2, 0.25) is 0 Å². The Kier molecular flexibility index (Phi) is 3.84. The molecule has 2 rings (SSSR count).